The van der Waals surface area contributed by atoms with Crippen LogP contribution >= 0.6 is 0 Å². The molecule has 2 unspecified atom stereocenters. The van der Waals surface area contributed by atoms with Crippen LogP contribution in [0, 0.1) is 11.8 Å². The van der Waals surface area contributed by atoms with Crippen molar-refractivity contribution in [1.82, 2.24) is 4.90 Å². The van der Waals surface area contributed by atoms with Crippen molar-refractivity contribution in [2.45, 2.75) is 13.0 Å². The number of hydrogen-bond acceptors (Lipinski definition) is 3. The molecule has 1 fully saturated rings. The van der Waals surface area contributed by atoms with Crippen molar-refractivity contribution in [3.8, 4) is 5.75 Å². The average Bonchev–Trinajstić information content (AvgIpc) is 3.07. The van der Waals surface area contributed by atoms with E-state index >= 15 is 0 Å². The van der Waals surface area contributed by atoms with Crippen LogP contribution in [0.3, 0.4) is 0 Å². The van der Waals surface area contributed by atoms with E-state index in [0.717, 1.165) is 5.56 Å². The van der Waals surface area contributed by atoms with Crippen LogP contribution in [-0.2, 0) is 16.1 Å². The van der Waals surface area contributed by atoms with Gasteiger partial charge >= 0.3 is 5.97 Å². The van der Waals surface area contributed by atoms with E-state index in [2.05, 4.69) is 0 Å². The van der Waals surface area contributed by atoms with E-state index in [0.29, 0.717) is 13.0 Å². The number of carboxylic acid groups (broad SMARTS) is 1. The van der Waals surface area contributed by atoms with Gasteiger partial charge in [-0.2, -0.15) is 0 Å². The maximum Gasteiger partial charge on any atom is 0.307 e. The van der Waals surface area contributed by atoms with E-state index in [-0.39, 0.29) is 17.6 Å². The number of rotatable bonds is 4. The summed E-state index contributed by atoms with van der Waals surface area (Å²) in [5, 5.41) is 18.1. The molecule has 0 saturated heterocycles. The Kier molecular flexibility index (Phi) is 3.23. The summed E-state index contributed by atoms with van der Waals surface area (Å²) in [4.78, 5) is 24.1. The van der Waals surface area contributed by atoms with Gasteiger partial charge < -0.3 is 15.1 Å². The van der Waals surface area contributed by atoms with Gasteiger partial charge in [0, 0.05) is 13.6 Å². The van der Waals surface area contributed by atoms with Gasteiger partial charge in [0.1, 0.15) is 5.75 Å². The topological polar surface area (TPSA) is 77.8 Å². The van der Waals surface area contributed by atoms with E-state index in [1.807, 2.05) is 6.07 Å². The first kappa shape index (κ1) is 12.4. The lowest BCUT2D eigenvalue weighted by atomic mass is 10.2. The molecule has 1 amide bonds. The number of carboxylic acids is 1. The van der Waals surface area contributed by atoms with E-state index in [1.165, 1.54) is 4.90 Å². The van der Waals surface area contributed by atoms with Gasteiger partial charge in [0.05, 0.1) is 11.8 Å². The molecule has 1 saturated carbocycles. The quantitative estimate of drug-likeness (QED) is 0.836. The van der Waals surface area contributed by atoms with Crippen LogP contribution in [0.25, 0.3) is 0 Å². The second-order valence-corrected chi connectivity index (χ2v) is 4.65. The largest absolute Gasteiger partial charge is 0.508 e. The Morgan fingerprint density at radius 1 is 1.39 bits per heavy atom. The van der Waals surface area contributed by atoms with Crippen molar-refractivity contribution in [2.75, 3.05) is 7.05 Å². The van der Waals surface area contributed by atoms with Crippen molar-refractivity contribution in [3.05, 3.63) is 29.8 Å². The fraction of sp³-hybridized carbons (Fsp3) is 0.385. The Hall–Kier alpha value is -2.04. The Morgan fingerprint density at radius 3 is 2.67 bits per heavy atom. The first-order valence-electron chi connectivity index (χ1n) is 5.74. The number of aromatic hydroxyl groups is 1. The number of hydrogen-bond donors (Lipinski definition) is 2. The molecule has 5 nitrogen and oxygen atoms in total. The van der Waals surface area contributed by atoms with Crippen LogP contribution in [-0.4, -0.2) is 34.0 Å². The highest BCUT2D eigenvalue weighted by atomic mass is 16.4. The summed E-state index contributed by atoms with van der Waals surface area (Å²) in [6.07, 6.45) is 0.429. The van der Waals surface area contributed by atoms with Crippen molar-refractivity contribution in [1.29, 1.82) is 0 Å². The smallest absolute Gasteiger partial charge is 0.307 e. The highest BCUT2D eigenvalue weighted by molar-refractivity contribution is 5.89. The standard InChI is InChI=1S/C13H15NO4/c1-14(7-8-3-2-4-9(15)5-8)12(16)10-6-11(10)13(17)18/h2-5,10-11,15H,6-7H2,1H3,(H,17,18). The highest BCUT2D eigenvalue weighted by Gasteiger charge is 2.49. The van der Waals surface area contributed by atoms with E-state index in [4.69, 9.17) is 5.11 Å². The number of phenolic OH excluding ortho intramolecular Hbond substituents is 1. The average molecular weight is 249 g/mol. The van der Waals surface area contributed by atoms with Crippen LogP contribution in [0.4, 0.5) is 0 Å². The van der Waals surface area contributed by atoms with Crippen molar-refractivity contribution >= 4 is 11.9 Å². The summed E-state index contributed by atoms with van der Waals surface area (Å²) in [7, 11) is 1.64. The van der Waals surface area contributed by atoms with Gasteiger partial charge in [-0.1, -0.05) is 12.1 Å². The maximum absolute atomic E-state index is 11.9. The number of nitrogens with zero attached hydrogens (tertiary/aromatic N) is 1. The molecule has 96 valence electrons. The summed E-state index contributed by atoms with van der Waals surface area (Å²) in [5.41, 5.74) is 0.818. The Balaban J connectivity index is 1.94. The summed E-state index contributed by atoms with van der Waals surface area (Å²) >= 11 is 0. The third-order valence-electron chi connectivity index (χ3n) is 3.13. The molecule has 0 spiro atoms. The SMILES string of the molecule is CN(Cc1cccc(O)c1)C(=O)C1CC1C(=O)O. The third kappa shape index (κ3) is 2.61. The number of benzene rings is 1. The van der Waals surface area contributed by atoms with Gasteiger partial charge in [0.25, 0.3) is 0 Å². The van der Waals surface area contributed by atoms with Gasteiger partial charge in [-0.25, -0.2) is 0 Å². The second kappa shape index (κ2) is 4.68. The summed E-state index contributed by atoms with van der Waals surface area (Å²) in [5.74, 6) is -1.80. The fourth-order valence-electron chi connectivity index (χ4n) is 2.03. The zero-order valence-corrected chi connectivity index (χ0v) is 10.0. The number of carbonyl (C=O) groups excluding carboxylic acids is 1. The monoisotopic (exact) mass is 249 g/mol. The number of aliphatic carboxylic acids is 1. The van der Waals surface area contributed by atoms with E-state index in [1.54, 1.807) is 25.2 Å². The van der Waals surface area contributed by atoms with Gasteiger partial charge in [-0.15, -0.1) is 0 Å². The van der Waals surface area contributed by atoms with Crippen LogP contribution in [0.5, 0.6) is 5.75 Å². The summed E-state index contributed by atoms with van der Waals surface area (Å²) in [6, 6.07) is 6.67. The molecule has 2 atom stereocenters. The highest BCUT2D eigenvalue weighted by Crippen LogP contribution is 2.40. The normalized spacial score (nSPS) is 21.4. The molecule has 1 aromatic carbocycles. The van der Waals surface area contributed by atoms with Crippen molar-refractivity contribution in [3.63, 3.8) is 0 Å². The van der Waals surface area contributed by atoms with Gasteiger partial charge in [-0.05, 0) is 24.1 Å². The lowest BCUT2D eigenvalue weighted by molar-refractivity contribution is -0.141. The molecular weight excluding hydrogens is 234 g/mol. The molecule has 0 aliphatic heterocycles. The Bertz CT molecular complexity index is 486. The van der Waals surface area contributed by atoms with Crippen LogP contribution in [0.2, 0.25) is 0 Å². The molecule has 18 heavy (non-hydrogen) atoms. The van der Waals surface area contributed by atoms with Crippen molar-refractivity contribution in [2.24, 2.45) is 11.8 Å². The molecule has 1 aliphatic carbocycles. The summed E-state index contributed by atoms with van der Waals surface area (Å²) < 4.78 is 0. The van der Waals surface area contributed by atoms with Gasteiger partial charge in [0.2, 0.25) is 5.91 Å². The second-order valence-electron chi connectivity index (χ2n) is 4.65. The summed E-state index contributed by atoms with van der Waals surface area (Å²) in [6.45, 7) is 0.371. The Labute approximate surface area is 105 Å². The number of amides is 1. The lowest BCUT2D eigenvalue weighted by Gasteiger charge is -2.17. The van der Waals surface area contributed by atoms with Gasteiger partial charge in [-0.3, -0.25) is 9.59 Å². The predicted octanol–water partition coefficient (Wildman–Crippen LogP) is 1.07. The minimum Gasteiger partial charge on any atom is -0.508 e. The van der Waals surface area contributed by atoms with Crippen LogP contribution in [0.1, 0.15) is 12.0 Å². The maximum atomic E-state index is 11.9. The minimum absolute atomic E-state index is 0.147. The lowest BCUT2D eigenvalue weighted by Crippen LogP contribution is -2.28. The third-order valence-corrected chi connectivity index (χ3v) is 3.13. The van der Waals surface area contributed by atoms with Crippen molar-refractivity contribution < 1.29 is 19.8 Å². The molecule has 0 radical (unpaired) electrons. The molecule has 5 heteroatoms. The first-order valence-corrected chi connectivity index (χ1v) is 5.74. The zero-order valence-electron chi connectivity index (χ0n) is 10.0. The molecule has 2 N–H and O–H groups in total. The predicted molar refractivity (Wildman–Crippen MR) is 63.8 cm³/mol. The molecular formula is C13H15NO4. The van der Waals surface area contributed by atoms with E-state index in [9.17, 15) is 14.7 Å². The van der Waals surface area contributed by atoms with E-state index < -0.39 is 11.9 Å². The molecule has 0 aromatic heterocycles. The molecule has 2 rings (SSSR count). The number of phenols is 1. The van der Waals surface area contributed by atoms with Crippen LogP contribution in [0.15, 0.2) is 24.3 Å². The minimum atomic E-state index is -0.904. The first-order chi connectivity index (χ1) is 8.49. The molecule has 1 aromatic rings. The molecule has 0 bridgehead atoms. The van der Waals surface area contributed by atoms with Gasteiger partial charge in [0.15, 0.2) is 0 Å². The molecule has 1 aliphatic rings. The Morgan fingerprint density at radius 2 is 2.11 bits per heavy atom. The van der Waals surface area contributed by atoms with Crippen LogP contribution < -0.4 is 0 Å². The fourth-order valence-corrected chi connectivity index (χ4v) is 2.03. The number of carbonyl (C=O) groups is 2. The zero-order chi connectivity index (χ0) is 13.3. The molecule has 0 heterocycles.